The molecule has 0 aliphatic carbocycles. The Hall–Kier alpha value is -2.56. The van der Waals surface area contributed by atoms with E-state index in [0.717, 1.165) is 16.4 Å². The van der Waals surface area contributed by atoms with Crippen LogP contribution in [0.4, 0.5) is 19.3 Å². The molecule has 0 aromatic heterocycles. The fraction of sp³-hybridized carbons (Fsp3) is 0.235. The molecule has 2 aromatic rings. The van der Waals surface area contributed by atoms with Crippen molar-refractivity contribution < 1.29 is 27.1 Å². The zero-order valence-corrected chi connectivity index (χ0v) is 15.4. The predicted octanol–water partition coefficient (Wildman–Crippen LogP) is 2.07. The van der Waals surface area contributed by atoms with Crippen LogP contribution in [0, 0.1) is 11.6 Å². The van der Waals surface area contributed by atoms with Crippen molar-refractivity contribution in [1.29, 1.82) is 0 Å². The predicted molar refractivity (Wildman–Crippen MR) is 95.7 cm³/mol. The minimum Gasteiger partial charge on any atom is -0.387 e. The standard InChI is InChI=1S/C17H19F2N3O4S/c1-22(2)27(25,26)13-6-4-12(5-7-13)21-17(24)20-10-16(23)11-3-8-14(18)15(19)9-11/h3-9,16,23H,10H2,1-2H3,(H2,20,21,24). The van der Waals surface area contributed by atoms with E-state index < -0.39 is 33.8 Å². The molecule has 0 saturated carbocycles. The number of anilines is 1. The van der Waals surface area contributed by atoms with E-state index in [0.29, 0.717) is 5.69 Å². The van der Waals surface area contributed by atoms with Crippen LogP contribution in [0.15, 0.2) is 47.4 Å². The lowest BCUT2D eigenvalue weighted by atomic mass is 10.1. The van der Waals surface area contributed by atoms with E-state index in [1.807, 2.05) is 0 Å². The second-order valence-corrected chi connectivity index (χ2v) is 7.99. The Labute approximate surface area is 155 Å². The smallest absolute Gasteiger partial charge is 0.319 e. The molecule has 7 nitrogen and oxygen atoms in total. The van der Waals surface area contributed by atoms with Gasteiger partial charge in [-0.3, -0.25) is 0 Å². The van der Waals surface area contributed by atoms with Gasteiger partial charge < -0.3 is 15.7 Å². The summed E-state index contributed by atoms with van der Waals surface area (Å²) < 4.78 is 51.1. The molecule has 27 heavy (non-hydrogen) atoms. The van der Waals surface area contributed by atoms with Gasteiger partial charge in [0.25, 0.3) is 0 Å². The summed E-state index contributed by atoms with van der Waals surface area (Å²) in [5.41, 5.74) is 0.458. The van der Waals surface area contributed by atoms with Crippen LogP contribution in [0.5, 0.6) is 0 Å². The number of nitrogens with one attached hydrogen (secondary N) is 2. The van der Waals surface area contributed by atoms with Crippen LogP contribution in [0.25, 0.3) is 0 Å². The maximum Gasteiger partial charge on any atom is 0.319 e. The van der Waals surface area contributed by atoms with Crippen LogP contribution < -0.4 is 10.6 Å². The first-order chi connectivity index (χ1) is 12.6. The fourth-order valence-corrected chi connectivity index (χ4v) is 3.02. The van der Waals surface area contributed by atoms with Crippen LogP contribution >= 0.6 is 0 Å². The first-order valence-corrected chi connectivity index (χ1v) is 9.25. The molecule has 0 heterocycles. The Morgan fingerprint density at radius 2 is 1.74 bits per heavy atom. The number of halogens is 2. The van der Waals surface area contributed by atoms with Gasteiger partial charge in [0.1, 0.15) is 0 Å². The topological polar surface area (TPSA) is 98.7 Å². The molecule has 0 radical (unpaired) electrons. The highest BCUT2D eigenvalue weighted by atomic mass is 32.2. The largest absolute Gasteiger partial charge is 0.387 e. The average Bonchev–Trinajstić information content (AvgIpc) is 2.62. The SMILES string of the molecule is CN(C)S(=O)(=O)c1ccc(NC(=O)NCC(O)c2ccc(F)c(F)c2)cc1. The molecular formula is C17H19F2N3O4S. The van der Waals surface area contributed by atoms with Gasteiger partial charge in [0, 0.05) is 26.3 Å². The van der Waals surface area contributed by atoms with E-state index in [9.17, 15) is 27.1 Å². The van der Waals surface area contributed by atoms with Gasteiger partial charge in [-0.25, -0.2) is 26.3 Å². The average molecular weight is 399 g/mol. The molecule has 0 saturated heterocycles. The van der Waals surface area contributed by atoms with Crippen molar-refractivity contribution in [3.8, 4) is 0 Å². The summed E-state index contributed by atoms with van der Waals surface area (Å²) in [6, 6.07) is 7.83. The second-order valence-electron chi connectivity index (χ2n) is 5.84. The highest BCUT2D eigenvalue weighted by Gasteiger charge is 2.17. The van der Waals surface area contributed by atoms with Crippen molar-refractivity contribution in [1.82, 2.24) is 9.62 Å². The number of carbonyl (C=O) groups is 1. The molecule has 1 atom stereocenters. The van der Waals surface area contributed by atoms with E-state index in [4.69, 9.17) is 0 Å². The minimum atomic E-state index is -3.57. The molecule has 146 valence electrons. The molecule has 0 aliphatic heterocycles. The first kappa shape index (κ1) is 20.7. The third-order valence-corrected chi connectivity index (χ3v) is 5.50. The maximum atomic E-state index is 13.2. The molecule has 0 fully saturated rings. The van der Waals surface area contributed by atoms with E-state index >= 15 is 0 Å². The molecule has 0 spiro atoms. The van der Waals surface area contributed by atoms with Crippen molar-refractivity contribution in [3.63, 3.8) is 0 Å². The quantitative estimate of drug-likeness (QED) is 0.693. The Morgan fingerprint density at radius 3 is 2.30 bits per heavy atom. The summed E-state index contributed by atoms with van der Waals surface area (Å²) in [6.07, 6.45) is -1.22. The van der Waals surface area contributed by atoms with Gasteiger partial charge in [-0.15, -0.1) is 0 Å². The number of nitrogens with zero attached hydrogens (tertiary/aromatic N) is 1. The number of aliphatic hydroxyl groups excluding tert-OH is 1. The van der Waals surface area contributed by atoms with Crippen molar-refractivity contribution in [3.05, 3.63) is 59.7 Å². The number of sulfonamides is 1. The van der Waals surface area contributed by atoms with Crippen molar-refractivity contribution in [2.45, 2.75) is 11.0 Å². The summed E-state index contributed by atoms with van der Waals surface area (Å²) in [5.74, 6) is -2.12. The van der Waals surface area contributed by atoms with E-state index in [2.05, 4.69) is 10.6 Å². The minimum absolute atomic E-state index is 0.0761. The Kier molecular flexibility index (Phi) is 6.47. The molecule has 0 bridgehead atoms. The van der Waals surface area contributed by atoms with Crippen molar-refractivity contribution >= 4 is 21.7 Å². The van der Waals surface area contributed by atoms with Gasteiger partial charge in [0.15, 0.2) is 11.6 Å². The van der Waals surface area contributed by atoms with E-state index in [-0.39, 0.29) is 17.0 Å². The highest BCUT2D eigenvalue weighted by Crippen LogP contribution is 2.17. The second kappa shape index (κ2) is 8.42. The summed E-state index contributed by atoms with van der Waals surface area (Å²) in [4.78, 5) is 11.9. The van der Waals surface area contributed by atoms with Crippen LogP contribution in [0.2, 0.25) is 0 Å². The van der Waals surface area contributed by atoms with Crippen LogP contribution in [-0.2, 0) is 10.0 Å². The Bertz CT molecular complexity index is 918. The number of hydrogen-bond donors (Lipinski definition) is 3. The summed E-state index contributed by atoms with van der Waals surface area (Å²) in [7, 11) is -0.746. The third kappa shape index (κ3) is 5.22. The summed E-state index contributed by atoms with van der Waals surface area (Å²) in [5, 5.41) is 14.8. The molecule has 1 unspecified atom stereocenters. The Balaban J connectivity index is 1.93. The van der Waals surface area contributed by atoms with Gasteiger partial charge in [0.05, 0.1) is 11.0 Å². The molecule has 10 heteroatoms. The first-order valence-electron chi connectivity index (χ1n) is 7.81. The van der Waals surface area contributed by atoms with Crippen LogP contribution in [0.1, 0.15) is 11.7 Å². The molecule has 2 aromatic carbocycles. The monoisotopic (exact) mass is 399 g/mol. The fourth-order valence-electron chi connectivity index (χ4n) is 2.12. The molecule has 3 N–H and O–H groups in total. The highest BCUT2D eigenvalue weighted by molar-refractivity contribution is 7.89. The zero-order chi connectivity index (χ0) is 20.2. The molecule has 0 aliphatic rings. The van der Waals surface area contributed by atoms with Crippen LogP contribution in [0.3, 0.4) is 0 Å². The lowest BCUT2D eigenvalue weighted by molar-refractivity contribution is 0.174. The number of amides is 2. The van der Waals surface area contributed by atoms with Gasteiger partial charge in [-0.05, 0) is 42.0 Å². The Morgan fingerprint density at radius 1 is 1.11 bits per heavy atom. The van der Waals surface area contributed by atoms with Gasteiger partial charge in [-0.1, -0.05) is 6.07 Å². The number of carbonyl (C=O) groups excluding carboxylic acids is 1. The summed E-state index contributed by atoms with van der Waals surface area (Å²) in [6.45, 7) is -0.232. The van der Waals surface area contributed by atoms with Gasteiger partial charge in [-0.2, -0.15) is 0 Å². The zero-order valence-electron chi connectivity index (χ0n) is 14.6. The number of benzene rings is 2. The lowest BCUT2D eigenvalue weighted by Gasteiger charge is -2.14. The van der Waals surface area contributed by atoms with E-state index in [1.54, 1.807) is 0 Å². The number of rotatable bonds is 6. The van der Waals surface area contributed by atoms with Crippen molar-refractivity contribution in [2.24, 2.45) is 0 Å². The van der Waals surface area contributed by atoms with Crippen molar-refractivity contribution in [2.75, 3.05) is 26.0 Å². The normalized spacial score (nSPS) is 12.7. The van der Waals surface area contributed by atoms with E-state index in [1.165, 1.54) is 44.4 Å². The summed E-state index contributed by atoms with van der Waals surface area (Å²) >= 11 is 0. The molecule has 2 rings (SSSR count). The third-order valence-electron chi connectivity index (χ3n) is 3.68. The van der Waals surface area contributed by atoms with Gasteiger partial charge >= 0.3 is 6.03 Å². The molecule has 2 amide bonds. The number of urea groups is 1. The number of hydrogen-bond acceptors (Lipinski definition) is 4. The van der Waals surface area contributed by atoms with Gasteiger partial charge in [0.2, 0.25) is 10.0 Å². The van der Waals surface area contributed by atoms with Crippen LogP contribution in [-0.4, -0.2) is 44.5 Å². The number of aliphatic hydroxyl groups is 1. The lowest BCUT2D eigenvalue weighted by Crippen LogP contribution is -2.32. The molecular weight excluding hydrogens is 380 g/mol. The maximum absolute atomic E-state index is 13.2.